The molecule has 8 heterocycles. The summed E-state index contributed by atoms with van der Waals surface area (Å²) in [5.74, 6) is 0. The zero-order valence-electron chi connectivity index (χ0n) is 62.2. The van der Waals surface area contributed by atoms with Gasteiger partial charge in [0.1, 0.15) is 28.7 Å². The normalized spacial score (nSPS) is 12.0. The number of thiazole rings is 3. The molecule has 0 radical (unpaired) electrons. The minimum absolute atomic E-state index is 0. The van der Waals surface area contributed by atoms with Crippen molar-refractivity contribution < 1.29 is 52.8 Å². The number of aryl methyl sites for hydroxylation is 4. The molecule has 0 fully saturated rings. The summed E-state index contributed by atoms with van der Waals surface area (Å²) in [4.78, 5) is 36.9. The summed E-state index contributed by atoms with van der Waals surface area (Å²) >= 11 is 12.3. The molecule has 1 aliphatic heterocycles. The highest BCUT2D eigenvalue weighted by Crippen LogP contribution is 2.33. The van der Waals surface area contributed by atoms with Crippen LogP contribution in [-0.4, -0.2) is 94.6 Å². The number of pyridine rings is 4. The van der Waals surface area contributed by atoms with Gasteiger partial charge in [0.25, 0.3) is 0 Å². The summed E-state index contributed by atoms with van der Waals surface area (Å²) in [5.41, 5.74) is 24.5. The van der Waals surface area contributed by atoms with Gasteiger partial charge in [-0.3, -0.25) is 14.8 Å². The van der Waals surface area contributed by atoms with Crippen LogP contribution in [0.15, 0.2) is 231 Å². The number of benzene rings is 4. The molecule has 0 unspecified atom stereocenters. The van der Waals surface area contributed by atoms with E-state index in [4.69, 9.17) is 21.9 Å². The first-order valence-corrected chi connectivity index (χ1v) is 40.7. The first-order chi connectivity index (χ1) is 51.1. The van der Waals surface area contributed by atoms with E-state index >= 15 is 0 Å². The van der Waals surface area contributed by atoms with Gasteiger partial charge >= 0.3 is 6.09 Å². The summed E-state index contributed by atoms with van der Waals surface area (Å²) in [6, 6.07) is 48.3. The maximum absolute atomic E-state index is 11.9. The number of para-hydroxylation sites is 3. The largest absolute Gasteiger partial charge is 1.00 e. The molecule has 0 bridgehead atoms. The van der Waals surface area contributed by atoms with Crippen molar-refractivity contribution in [2.45, 2.75) is 147 Å². The van der Waals surface area contributed by atoms with E-state index in [1.165, 1.54) is 50.8 Å². The number of nitrogens with zero attached hydrogens (tertiary/aromatic N) is 13. The maximum Gasteiger partial charge on any atom is 0.407 e. The quantitative estimate of drug-likeness (QED) is 0.00895. The summed E-state index contributed by atoms with van der Waals surface area (Å²) in [7, 11) is 0. The van der Waals surface area contributed by atoms with Crippen molar-refractivity contribution >= 4 is 163 Å². The van der Waals surface area contributed by atoms with E-state index in [1.807, 2.05) is 112 Å². The van der Waals surface area contributed by atoms with Gasteiger partial charge in [-0.15, -0.1) is 39.0 Å². The molecule has 29 heteroatoms. The summed E-state index contributed by atoms with van der Waals surface area (Å²) < 4.78 is 18.3. The molecule has 1 aliphatic rings. The van der Waals surface area contributed by atoms with E-state index in [1.54, 1.807) is 95.1 Å². The van der Waals surface area contributed by atoms with Crippen molar-refractivity contribution in [2.24, 2.45) is 47.8 Å². The summed E-state index contributed by atoms with van der Waals surface area (Å²) in [6.45, 7) is 20.1. The summed E-state index contributed by atoms with van der Waals surface area (Å²) in [5, 5.41) is 32.1. The minimum Gasteiger partial charge on any atom is -1.00 e. The highest BCUT2D eigenvalue weighted by molar-refractivity contribution is 14.1. The number of aromatic nitrogens is 7. The second-order valence-electron chi connectivity index (χ2n) is 24.5. The number of aldehydes is 1. The lowest BCUT2D eigenvalue weighted by Crippen LogP contribution is -3.00. The zero-order valence-corrected chi connectivity index (χ0v) is 72.4. The lowest BCUT2D eigenvalue weighted by Gasteiger charge is -2.19. The van der Waals surface area contributed by atoms with Crippen molar-refractivity contribution in [3.63, 3.8) is 0 Å². The Morgan fingerprint density at radius 1 is 0.648 bits per heavy atom. The fourth-order valence-corrected chi connectivity index (χ4v) is 13.8. The highest BCUT2D eigenvalue weighted by atomic mass is 127. The number of hydrogen-bond acceptors (Lipinski definition) is 19. The number of ether oxygens (including phenoxy) is 1. The van der Waals surface area contributed by atoms with Gasteiger partial charge in [0.2, 0.25) is 9.60 Å². The molecule has 7 aromatic heterocycles. The lowest BCUT2D eigenvalue weighted by atomic mass is 10.2. The van der Waals surface area contributed by atoms with Crippen LogP contribution in [-0.2, 0) is 43.9 Å². The topological polar surface area (TPSA) is 264 Å². The Balaban J connectivity index is 0.000000358. The van der Waals surface area contributed by atoms with Crippen molar-refractivity contribution in [3.05, 3.63) is 238 Å². The molecule has 20 nitrogen and oxygen atoms in total. The highest BCUT2D eigenvalue weighted by Gasteiger charge is 2.18. The smallest absolute Gasteiger partial charge is 0.407 e. The number of thioether (sulfide) groups is 1. The average Bonchev–Trinajstić information content (AvgIpc) is 1.69. The Bertz CT molecular complexity index is 4560. The molecule has 0 spiro atoms. The van der Waals surface area contributed by atoms with E-state index in [0.717, 1.165) is 126 Å². The number of halogens is 5. The number of unbranched alkanes of at least 4 members (excludes halogenated alkanes) is 2. The number of alkyl halides is 2. The van der Waals surface area contributed by atoms with E-state index < -0.39 is 11.7 Å². The zero-order chi connectivity index (χ0) is 75.3. The third-order valence-electron chi connectivity index (χ3n) is 14.3. The Morgan fingerprint density at radius 3 is 1.64 bits per heavy atom. The van der Waals surface area contributed by atoms with Crippen LogP contribution in [0.4, 0.5) is 4.79 Å². The molecule has 108 heavy (non-hydrogen) atoms. The average molecular weight is 1820 g/mol. The van der Waals surface area contributed by atoms with E-state index in [-0.39, 0.29) is 41.8 Å². The number of alkyl carbamates (subject to hydrolysis) is 1. The van der Waals surface area contributed by atoms with Gasteiger partial charge in [-0.2, -0.15) is 15.3 Å². The van der Waals surface area contributed by atoms with Gasteiger partial charge in [-0.1, -0.05) is 174 Å². The number of carbonyl (C=O) groups is 2. The number of hydrogen-bond donors (Lipinski definition) is 4. The Kier molecular flexibility index (Phi) is 48.7. The van der Waals surface area contributed by atoms with Crippen molar-refractivity contribution in [2.75, 3.05) is 25.0 Å². The molecule has 7 N–H and O–H groups in total. The number of rotatable bonds is 23. The molecule has 1 amide bonds. The second kappa shape index (κ2) is 55.3. The molecular formula is C79H100Br2Cl2IN17O3S4. The monoisotopic (exact) mass is 1820 g/mol. The van der Waals surface area contributed by atoms with Crippen LogP contribution in [0.25, 0.3) is 30.6 Å². The van der Waals surface area contributed by atoms with E-state index in [2.05, 4.69) is 202 Å². The van der Waals surface area contributed by atoms with Crippen LogP contribution in [0.1, 0.15) is 131 Å². The van der Waals surface area contributed by atoms with Crippen molar-refractivity contribution in [3.8, 4) is 0 Å². The Hall–Kier alpha value is -7.13. The Labute approximate surface area is 696 Å². The molecular weight excluding hydrogens is 1720 g/mol. The van der Waals surface area contributed by atoms with Gasteiger partial charge < -0.3 is 65.8 Å². The molecule has 578 valence electrons. The fraction of sp³-hybridized carbons (Fsp3) is 0.329. The maximum atomic E-state index is 11.9. The molecule has 0 aliphatic carbocycles. The fourth-order valence-electron chi connectivity index (χ4n) is 9.37. The minimum atomic E-state index is -0.500. The first-order valence-electron chi connectivity index (χ1n) is 35.1. The SMILES string of the molecule is C(=N\N=C1\Cc2ccccc2S1)/c1cccnc1.CC(C)I.CCCCBr.CCCC[n+]1cccc(/C=N/N=c2\sc3ccccc3n2CCCNC(=O)OC(C)(C)C)c1.Cl.NCCCn1/c(=N/N=C/c2ccc[n+](CCCN)c2)sc2ccccc21.NCc1nc2ccccc2s1.O=Cc1cccnc1.[Br-].[Cl-]. The number of fused-ring (bicyclic) bond motifs is 4. The molecule has 0 saturated carbocycles. The van der Waals surface area contributed by atoms with E-state index in [9.17, 15) is 9.59 Å². The number of carbonyl (C=O) groups excluding carboxylic acids is 2. The van der Waals surface area contributed by atoms with Crippen LogP contribution in [0.5, 0.6) is 0 Å². The third kappa shape index (κ3) is 36.6. The van der Waals surface area contributed by atoms with Gasteiger partial charge in [0, 0.05) is 108 Å². The first kappa shape index (κ1) is 95.1. The lowest BCUT2D eigenvalue weighted by molar-refractivity contribution is -0.697. The number of nitrogens with two attached hydrogens (primary N) is 3. The number of nitrogens with one attached hydrogen (secondary N) is 1. The standard InChI is InChI=1S/C25H33N5O2S.C19H25N6S.C14H11N3S.C8H8N2S.C6H5NO.C4H9Br.C3H7I.BrH.2ClH/c1-5-6-15-29-16-9-11-20(19-29)18-27-28-23-30(21-12-7-8-13-22(21)33-23)17-10-14-26-24(31)32-25(2,3)4;20-9-4-12-24-11-3-6-16(15-24)14-22-23-19-25(13-5-10-21)17-7-1-2-8-18(17)26-19;1-2-6-13-12(5-1)8-14(18-13)17-16-10-11-4-3-7-15-9-11;9-5-8-10-6-3-1-2-4-7(6)11-8;8-5-6-2-1-3-7-4-6;1-2-3-4-5;1-3(2)4;;;/h7-9,11-13,16,18-19H,5-6,10,14-15,17H2,1-4H3;1-3,6-8,11,14-15H,4-5,9-10,12-13,20-21H2;1-7,9-10H,8H2;1-4H,5,9H2;1-5H;2-4H2,1H3;3H,1-2H3;3*1H/q;+1;;;;;;;;/p-1/b27-18+,28-23-;22-14+,23-19-;16-10+,17-14-;;;;;;;. The van der Waals surface area contributed by atoms with Crippen LogP contribution in [0.3, 0.4) is 0 Å². The van der Waals surface area contributed by atoms with Crippen LogP contribution in [0.2, 0.25) is 0 Å². The second-order valence-corrected chi connectivity index (χ2v) is 32.1. The summed E-state index contributed by atoms with van der Waals surface area (Å²) in [6.07, 6.45) is 29.0. The molecule has 11 aromatic rings. The van der Waals surface area contributed by atoms with Gasteiger partial charge in [0.15, 0.2) is 31.1 Å². The van der Waals surface area contributed by atoms with Gasteiger partial charge in [0.05, 0.1) is 60.4 Å². The Morgan fingerprint density at radius 2 is 1.15 bits per heavy atom. The van der Waals surface area contributed by atoms with Crippen LogP contribution < -0.4 is 70.6 Å². The van der Waals surface area contributed by atoms with Crippen molar-refractivity contribution in [1.29, 1.82) is 0 Å². The third-order valence-corrected chi connectivity index (χ3v) is 19.1. The molecule has 12 rings (SSSR count). The van der Waals surface area contributed by atoms with Gasteiger partial charge in [-0.25, -0.2) is 18.9 Å². The predicted molar refractivity (Wildman–Crippen MR) is 458 cm³/mol. The van der Waals surface area contributed by atoms with Crippen LogP contribution in [0, 0.1) is 0 Å². The van der Waals surface area contributed by atoms with Crippen molar-refractivity contribution in [1.82, 2.24) is 29.4 Å². The van der Waals surface area contributed by atoms with Gasteiger partial charge in [-0.05, 0) is 131 Å². The van der Waals surface area contributed by atoms with E-state index in [0.29, 0.717) is 31.7 Å². The molecule has 4 aromatic carbocycles. The molecule has 0 saturated heterocycles. The number of amides is 1. The predicted octanol–water partition coefficient (Wildman–Crippen LogP) is 10.5. The molecule has 0 atom stereocenters. The van der Waals surface area contributed by atoms with Crippen LogP contribution >= 0.6 is 96.7 Å².